The quantitative estimate of drug-likeness (QED) is 0.240. The lowest BCUT2D eigenvalue weighted by Gasteiger charge is -2.07. The molecule has 6 heteroatoms. The molecule has 1 N–H and O–H groups in total. The van der Waals surface area contributed by atoms with Crippen molar-refractivity contribution in [1.82, 2.24) is 0 Å². The van der Waals surface area contributed by atoms with Crippen LogP contribution < -0.4 is 0 Å². The number of halogens is 2. The normalized spacial score (nSPS) is 11.7. The Morgan fingerprint density at radius 1 is 0.692 bits per heavy atom. The van der Waals surface area contributed by atoms with Gasteiger partial charge < -0.3 is 8.39 Å². The fourth-order valence-corrected chi connectivity index (χ4v) is 5.47. The van der Waals surface area contributed by atoms with Crippen LogP contribution in [0.2, 0.25) is 0 Å². The van der Waals surface area contributed by atoms with E-state index in [9.17, 15) is 4.89 Å². The SMILES string of the molecule is Op1oc2c(Br)cc3ccccc3c2c2c(o1)c(Br)cc1ccccc12. The summed E-state index contributed by atoms with van der Waals surface area (Å²) in [5.74, 6) is 0. The summed E-state index contributed by atoms with van der Waals surface area (Å²) in [6.07, 6.45) is 0. The van der Waals surface area contributed by atoms with Crippen LogP contribution in [0.4, 0.5) is 0 Å². The Balaban J connectivity index is 2.28. The molecule has 0 saturated carbocycles. The minimum atomic E-state index is -2.09. The molecule has 1 heterocycles. The Labute approximate surface area is 166 Å². The van der Waals surface area contributed by atoms with Crippen LogP contribution in [0.1, 0.15) is 0 Å². The molecule has 0 aliphatic carbocycles. The first-order chi connectivity index (χ1) is 12.6. The maximum absolute atomic E-state index is 10.4. The predicted octanol–water partition coefficient (Wildman–Crippen LogP) is 7.88. The summed E-state index contributed by atoms with van der Waals surface area (Å²) in [7, 11) is -2.09. The van der Waals surface area contributed by atoms with Crippen LogP contribution in [0.15, 0.2) is 78.0 Å². The van der Waals surface area contributed by atoms with E-state index in [0.29, 0.717) is 11.2 Å². The van der Waals surface area contributed by atoms with Gasteiger partial charge in [0.2, 0.25) is 0 Å². The molecular weight excluding hydrogens is 479 g/mol. The Kier molecular flexibility index (Phi) is 3.87. The molecule has 0 saturated heterocycles. The standard InChI is InChI=1S/C20H11Br2O3P/c21-15-9-11-5-1-3-7-13(11)17-18-14-8-4-2-6-12(14)10-16(22)20(18)25-26(23)24-19(15)17/h1-10,23H. The van der Waals surface area contributed by atoms with Crippen molar-refractivity contribution in [2.45, 2.75) is 0 Å². The predicted molar refractivity (Wildman–Crippen MR) is 114 cm³/mol. The van der Waals surface area contributed by atoms with Gasteiger partial charge in [0, 0.05) is 10.8 Å². The van der Waals surface area contributed by atoms with Gasteiger partial charge in [0.05, 0.1) is 8.95 Å². The summed E-state index contributed by atoms with van der Waals surface area (Å²) in [4.78, 5) is 10.4. The Morgan fingerprint density at radius 3 is 1.58 bits per heavy atom. The minimum Gasteiger partial charge on any atom is -0.398 e. The van der Waals surface area contributed by atoms with Crippen LogP contribution in [0.25, 0.3) is 43.5 Å². The molecule has 0 atom stereocenters. The zero-order valence-corrected chi connectivity index (χ0v) is 17.3. The zero-order chi connectivity index (χ0) is 17.8. The van der Waals surface area contributed by atoms with E-state index in [-0.39, 0.29) is 0 Å². The summed E-state index contributed by atoms with van der Waals surface area (Å²) in [6, 6.07) is 20.3. The molecule has 26 heavy (non-hydrogen) atoms. The number of hydrogen-bond donors (Lipinski definition) is 1. The Morgan fingerprint density at radius 2 is 1.12 bits per heavy atom. The van der Waals surface area contributed by atoms with Crippen LogP contribution in [-0.4, -0.2) is 4.89 Å². The summed E-state index contributed by atoms with van der Waals surface area (Å²) in [5, 5.41) is 6.10. The van der Waals surface area contributed by atoms with Gasteiger partial charge >= 0.3 is 8.24 Å². The van der Waals surface area contributed by atoms with E-state index in [0.717, 1.165) is 41.3 Å². The van der Waals surface area contributed by atoms with E-state index in [1.807, 2.05) is 36.4 Å². The monoisotopic (exact) mass is 488 g/mol. The summed E-state index contributed by atoms with van der Waals surface area (Å²) >= 11 is 7.21. The molecule has 3 nitrogen and oxygen atoms in total. The van der Waals surface area contributed by atoms with Crippen molar-refractivity contribution in [3.63, 3.8) is 0 Å². The third-order valence-electron chi connectivity index (χ3n) is 4.50. The highest BCUT2D eigenvalue weighted by molar-refractivity contribution is 9.11. The smallest absolute Gasteiger partial charge is 0.384 e. The summed E-state index contributed by atoms with van der Waals surface area (Å²) in [6.45, 7) is 0. The second-order valence-corrected chi connectivity index (χ2v) is 8.54. The van der Waals surface area contributed by atoms with Gasteiger partial charge in [0.1, 0.15) is 0 Å². The summed E-state index contributed by atoms with van der Waals surface area (Å²) < 4.78 is 13.2. The van der Waals surface area contributed by atoms with Gasteiger partial charge in [-0.3, -0.25) is 4.89 Å². The lowest BCUT2D eigenvalue weighted by atomic mass is 9.99. The van der Waals surface area contributed by atoms with Crippen molar-refractivity contribution >= 4 is 83.6 Å². The molecule has 4 aromatic carbocycles. The molecule has 0 bridgehead atoms. The molecule has 0 aliphatic rings. The van der Waals surface area contributed by atoms with Crippen LogP contribution in [0.5, 0.6) is 0 Å². The zero-order valence-electron chi connectivity index (χ0n) is 13.2. The minimum absolute atomic E-state index is 0.597. The average Bonchev–Trinajstić information content (AvgIpc) is 2.79. The van der Waals surface area contributed by atoms with E-state index in [1.165, 1.54) is 0 Å². The Bertz CT molecular complexity index is 1270. The van der Waals surface area contributed by atoms with E-state index < -0.39 is 8.24 Å². The van der Waals surface area contributed by atoms with Gasteiger partial charge in [0.15, 0.2) is 11.2 Å². The molecule has 5 aromatic rings. The highest BCUT2D eigenvalue weighted by Crippen LogP contribution is 2.44. The maximum Gasteiger partial charge on any atom is 0.384 e. The summed E-state index contributed by atoms with van der Waals surface area (Å²) in [5.41, 5.74) is 1.19. The van der Waals surface area contributed by atoms with Crippen molar-refractivity contribution in [2.24, 2.45) is 0 Å². The molecule has 128 valence electrons. The van der Waals surface area contributed by atoms with Crippen molar-refractivity contribution in [1.29, 1.82) is 0 Å². The number of fused-ring (bicyclic) bond motifs is 7. The average molecular weight is 490 g/mol. The molecule has 0 fully saturated rings. The van der Waals surface area contributed by atoms with Crippen LogP contribution >= 0.6 is 40.1 Å². The van der Waals surface area contributed by atoms with Gasteiger partial charge in [-0.2, -0.15) is 0 Å². The van der Waals surface area contributed by atoms with Gasteiger partial charge in [-0.25, -0.2) is 0 Å². The van der Waals surface area contributed by atoms with Gasteiger partial charge in [-0.1, -0.05) is 48.5 Å². The largest absolute Gasteiger partial charge is 0.398 e. The molecule has 5 rings (SSSR count). The third-order valence-corrected chi connectivity index (χ3v) is 6.36. The molecule has 0 spiro atoms. The third kappa shape index (κ3) is 2.43. The number of hydrogen-bond acceptors (Lipinski definition) is 3. The fourth-order valence-electron chi connectivity index (χ4n) is 3.44. The number of benzene rings is 4. The van der Waals surface area contributed by atoms with Crippen molar-refractivity contribution in [3.8, 4) is 0 Å². The van der Waals surface area contributed by atoms with Crippen molar-refractivity contribution in [2.75, 3.05) is 0 Å². The second-order valence-electron chi connectivity index (χ2n) is 5.99. The van der Waals surface area contributed by atoms with E-state index in [4.69, 9.17) is 8.39 Å². The molecule has 0 radical (unpaired) electrons. The van der Waals surface area contributed by atoms with Crippen molar-refractivity contribution < 1.29 is 13.3 Å². The second kappa shape index (κ2) is 6.14. The lowest BCUT2D eigenvalue weighted by Crippen LogP contribution is -1.82. The highest BCUT2D eigenvalue weighted by atomic mass is 79.9. The van der Waals surface area contributed by atoms with Crippen LogP contribution in [-0.2, 0) is 0 Å². The van der Waals surface area contributed by atoms with E-state index in [2.05, 4.69) is 56.1 Å². The Hall–Kier alpha value is -1.78. The topological polar surface area (TPSA) is 46.5 Å². The van der Waals surface area contributed by atoms with Gasteiger partial charge in [0.25, 0.3) is 0 Å². The molecular formula is C20H11Br2O3P. The molecule has 0 amide bonds. The molecule has 0 unspecified atom stereocenters. The van der Waals surface area contributed by atoms with E-state index >= 15 is 0 Å². The first-order valence-electron chi connectivity index (χ1n) is 7.91. The fraction of sp³-hybridized carbons (Fsp3) is 0. The molecule has 1 aromatic heterocycles. The van der Waals surface area contributed by atoms with Gasteiger partial charge in [-0.15, -0.1) is 0 Å². The maximum atomic E-state index is 10.4. The first kappa shape index (κ1) is 16.4. The van der Waals surface area contributed by atoms with Gasteiger partial charge in [-0.05, 0) is 65.5 Å². The van der Waals surface area contributed by atoms with Crippen molar-refractivity contribution in [3.05, 3.63) is 69.6 Å². The first-order valence-corrected chi connectivity index (χ1v) is 10.6. The number of rotatable bonds is 0. The van der Waals surface area contributed by atoms with E-state index in [1.54, 1.807) is 0 Å². The highest BCUT2D eigenvalue weighted by Gasteiger charge is 2.16. The van der Waals surface area contributed by atoms with Crippen LogP contribution in [0, 0.1) is 0 Å². The van der Waals surface area contributed by atoms with Crippen LogP contribution in [0.3, 0.4) is 0 Å². The lowest BCUT2D eigenvalue weighted by molar-refractivity contribution is 0.495. The molecule has 0 aliphatic heterocycles.